The molecule has 0 saturated carbocycles. The lowest BCUT2D eigenvalue weighted by atomic mass is 9.62. The molecule has 10 heteroatoms. The molecule has 2 unspecified atom stereocenters. The van der Waals surface area contributed by atoms with E-state index in [0.29, 0.717) is 31.6 Å². The number of amides is 1. The third kappa shape index (κ3) is 3.84. The van der Waals surface area contributed by atoms with Gasteiger partial charge in [0.2, 0.25) is 5.91 Å². The van der Waals surface area contributed by atoms with Crippen LogP contribution in [-0.2, 0) is 11.0 Å². The Hall–Kier alpha value is -3.53. The predicted octanol–water partition coefficient (Wildman–Crippen LogP) is 5.16. The first-order valence-electron chi connectivity index (χ1n) is 12.7. The molecule has 2 saturated heterocycles. The standard InChI is InChI=1S/C28H29F4N5O/c1-17-6-5-7-18(14-17)37-24(23-8-3-4-11-35(23)2)27(25(37)38)9-12-36(13-10-27)26-33-21-15-19(28(30,31)32)20(29)16-22(21)34-26/h3-8,14-16,24,26,33-34H,9-13H2,1-2H3. The van der Waals surface area contributed by atoms with Gasteiger partial charge in [-0.05, 0) is 55.7 Å². The quantitative estimate of drug-likeness (QED) is 0.427. The van der Waals surface area contributed by atoms with E-state index < -0.39 is 29.3 Å². The SMILES string of the molecule is Cc1cccc(N2C(=O)C3(CCN(C4Nc5cc(F)c(C(F)(F)F)cc5N4)CC3)C2C2=CC=CCN2C)c1. The number of fused-ring (bicyclic) bond motifs is 1. The molecule has 0 aliphatic carbocycles. The number of carbonyl (C=O) groups is 1. The summed E-state index contributed by atoms with van der Waals surface area (Å²) in [5.74, 6) is -1.20. The number of likely N-dealkylation sites (N-methyl/N-ethyl adjacent to an activating group) is 1. The Balaban J connectivity index is 1.23. The lowest BCUT2D eigenvalue weighted by Crippen LogP contribution is -2.73. The van der Waals surface area contributed by atoms with Crippen molar-refractivity contribution in [3.63, 3.8) is 0 Å². The van der Waals surface area contributed by atoms with Crippen molar-refractivity contribution in [1.82, 2.24) is 9.80 Å². The first-order chi connectivity index (χ1) is 18.1. The fraction of sp³-hybridized carbons (Fsp3) is 0.393. The van der Waals surface area contributed by atoms with E-state index in [0.717, 1.165) is 35.6 Å². The molecule has 2 fully saturated rings. The molecule has 6 rings (SSSR count). The number of rotatable bonds is 3. The third-order valence-electron chi connectivity index (χ3n) is 8.26. The number of benzene rings is 2. The van der Waals surface area contributed by atoms with Crippen LogP contribution < -0.4 is 15.5 Å². The second-order valence-corrected chi connectivity index (χ2v) is 10.6. The summed E-state index contributed by atoms with van der Waals surface area (Å²) in [4.78, 5) is 20.0. The number of halogens is 4. The molecule has 2 atom stereocenters. The van der Waals surface area contributed by atoms with Gasteiger partial charge in [0.05, 0.1) is 28.4 Å². The van der Waals surface area contributed by atoms with Crippen LogP contribution in [0, 0.1) is 18.2 Å². The molecule has 1 amide bonds. The van der Waals surface area contributed by atoms with Crippen molar-refractivity contribution in [2.75, 3.05) is 42.2 Å². The molecule has 200 valence electrons. The summed E-state index contributed by atoms with van der Waals surface area (Å²) in [6.45, 7) is 3.90. The second-order valence-electron chi connectivity index (χ2n) is 10.6. The van der Waals surface area contributed by atoms with Gasteiger partial charge in [0, 0.05) is 38.1 Å². The molecule has 38 heavy (non-hydrogen) atoms. The fourth-order valence-corrected chi connectivity index (χ4v) is 6.24. The van der Waals surface area contributed by atoms with E-state index >= 15 is 0 Å². The second kappa shape index (κ2) is 8.76. The van der Waals surface area contributed by atoms with E-state index in [9.17, 15) is 22.4 Å². The van der Waals surface area contributed by atoms with Gasteiger partial charge in [-0.25, -0.2) is 4.39 Å². The largest absolute Gasteiger partial charge is 0.419 e. The Labute approximate surface area is 218 Å². The highest BCUT2D eigenvalue weighted by Gasteiger charge is 2.63. The van der Waals surface area contributed by atoms with E-state index in [1.807, 2.05) is 49.2 Å². The van der Waals surface area contributed by atoms with Crippen LogP contribution in [0.2, 0.25) is 0 Å². The number of nitrogens with zero attached hydrogens (tertiary/aromatic N) is 3. The number of hydrogen-bond acceptors (Lipinski definition) is 5. The molecule has 4 aliphatic heterocycles. The lowest BCUT2D eigenvalue weighted by molar-refractivity contribution is -0.143. The van der Waals surface area contributed by atoms with Crippen molar-refractivity contribution in [3.8, 4) is 0 Å². The van der Waals surface area contributed by atoms with Crippen molar-refractivity contribution >= 4 is 23.0 Å². The van der Waals surface area contributed by atoms with E-state index in [-0.39, 0.29) is 17.6 Å². The number of hydrogen-bond donors (Lipinski definition) is 2. The number of likely N-dealkylation sites (tertiary alicyclic amines) is 1. The highest BCUT2D eigenvalue weighted by molar-refractivity contribution is 6.07. The van der Waals surface area contributed by atoms with Crippen molar-refractivity contribution in [3.05, 3.63) is 77.3 Å². The average molecular weight is 528 g/mol. The van der Waals surface area contributed by atoms with Gasteiger partial charge in [-0.2, -0.15) is 13.2 Å². The number of alkyl halides is 3. The van der Waals surface area contributed by atoms with Crippen LogP contribution >= 0.6 is 0 Å². The van der Waals surface area contributed by atoms with Crippen LogP contribution in [0.3, 0.4) is 0 Å². The average Bonchev–Trinajstić information content (AvgIpc) is 3.29. The van der Waals surface area contributed by atoms with Crippen molar-refractivity contribution in [2.24, 2.45) is 5.41 Å². The Morgan fingerprint density at radius 1 is 1.05 bits per heavy atom. The van der Waals surface area contributed by atoms with E-state index in [2.05, 4.69) is 32.6 Å². The van der Waals surface area contributed by atoms with Crippen LogP contribution in [-0.4, -0.2) is 54.7 Å². The molecule has 4 aliphatic rings. The first kappa shape index (κ1) is 24.8. The first-order valence-corrected chi connectivity index (χ1v) is 12.7. The van der Waals surface area contributed by atoms with Crippen LogP contribution in [0.4, 0.5) is 34.6 Å². The van der Waals surface area contributed by atoms with E-state index in [4.69, 9.17) is 0 Å². The molecular weight excluding hydrogens is 498 g/mol. The van der Waals surface area contributed by atoms with Crippen molar-refractivity contribution < 1.29 is 22.4 Å². The van der Waals surface area contributed by atoms with Gasteiger partial charge >= 0.3 is 6.18 Å². The maximum atomic E-state index is 14.1. The number of piperidine rings is 1. The van der Waals surface area contributed by atoms with Crippen LogP contribution in [0.1, 0.15) is 24.0 Å². The van der Waals surface area contributed by atoms with Gasteiger partial charge < -0.3 is 20.4 Å². The topological polar surface area (TPSA) is 50.9 Å². The summed E-state index contributed by atoms with van der Waals surface area (Å²) in [5.41, 5.74) is 1.72. The summed E-state index contributed by atoms with van der Waals surface area (Å²) >= 11 is 0. The monoisotopic (exact) mass is 527 g/mol. The molecule has 0 aromatic heterocycles. The zero-order valence-corrected chi connectivity index (χ0v) is 21.1. The smallest absolute Gasteiger partial charge is 0.372 e. The molecule has 6 nitrogen and oxygen atoms in total. The Morgan fingerprint density at radius 2 is 1.76 bits per heavy atom. The molecule has 0 radical (unpaired) electrons. The normalized spacial score (nSPS) is 24.6. The maximum Gasteiger partial charge on any atom is 0.419 e. The molecule has 4 heterocycles. The predicted molar refractivity (Wildman–Crippen MR) is 138 cm³/mol. The number of β-lactam (4-membered cyclic amide) rings is 1. The molecule has 0 bridgehead atoms. The molecule has 2 N–H and O–H groups in total. The lowest BCUT2D eigenvalue weighted by Gasteiger charge is -2.60. The van der Waals surface area contributed by atoms with Crippen molar-refractivity contribution in [2.45, 2.75) is 38.3 Å². The van der Waals surface area contributed by atoms with Crippen LogP contribution in [0.15, 0.2) is 60.3 Å². The van der Waals surface area contributed by atoms with Crippen molar-refractivity contribution in [1.29, 1.82) is 0 Å². The maximum absolute atomic E-state index is 14.1. The highest BCUT2D eigenvalue weighted by Crippen LogP contribution is 2.53. The van der Waals surface area contributed by atoms with E-state index in [1.54, 1.807) is 0 Å². The van der Waals surface area contributed by atoms with Gasteiger partial charge in [-0.1, -0.05) is 24.3 Å². The van der Waals surface area contributed by atoms with Crippen LogP contribution in [0.25, 0.3) is 0 Å². The number of carbonyl (C=O) groups excluding carboxylic acids is 1. The number of anilines is 3. The minimum atomic E-state index is -4.77. The zero-order chi connectivity index (χ0) is 26.8. The van der Waals surface area contributed by atoms with Gasteiger partial charge in [-0.15, -0.1) is 0 Å². The van der Waals surface area contributed by atoms with Crippen LogP contribution in [0.5, 0.6) is 0 Å². The van der Waals surface area contributed by atoms with E-state index in [1.165, 1.54) is 0 Å². The van der Waals surface area contributed by atoms with Gasteiger partial charge in [0.25, 0.3) is 0 Å². The Bertz CT molecular complexity index is 1350. The minimum Gasteiger partial charge on any atom is -0.372 e. The minimum absolute atomic E-state index is 0.101. The Kier molecular flexibility index (Phi) is 5.71. The molecule has 2 aromatic rings. The summed E-state index contributed by atoms with van der Waals surface area (Å²) in [5, 5.41) is 6.17. The Morgan fingerprint density at radius 3 is 2.42 bits per heavy atom. The molecular formula is C28H29F4N5O. The van der Waals surface area contributed by atoms with Gasteiger partial charge in [-0.3, -0.25) is 9.69 Å². The number of allylic oxidation sites excluding steroid dienone is 2. The zero-order valence-electron chi connectivity index (χ0n) is 21.1. The summed E-state index contributed by atoms with van der Waals surface area (Å²) < 4.78 is 53.7. The van der Waals surface area contributed by atoms with Gasteiger partial charge in [0.1, 0.15) is 5.82 Å². The third-order valence-corrected chi connectivity index (χ3v) is 8.26. The van der Waals surface area contributed by atoms with Gasteiger partial charge in [0.15, 0.2) is 6.29 Å². The summed E-state index contributed by atoms with van der Waals surface area (Å²) in [7, 11) is 2.04. The number of aryl methyl sites for hydroxylation is 1. The highest BCUT2D eigenvalue weighted by atomic mass is 19.4. The molecule has 2 aromatic carbocycles. The molecule has 1 spiro atoms. The summed E-state index contributed by atoms with van der Waals surface area (Å²) in [6.07, 6.45) is 2.16. The number of nitrogens with one attached hydrogen (secondary N) is 2. The fourth-order valence-electron chi connectivity index (χ4n) is 6.24. The summed E-state index contributed by atoms with van der Waals surface area (Å²) in [6, 6.07) is 9.56.